The number of hydrogen-bond acceptors (Lipinski definition) is 6. The van der Waals surface area contributed by atoms with E-state index in [4.69, 9.17) is 0 Å². The number of alkyl halides is 2. The topological polar surface area (TPSA) is 111 Å². The van der Waals surface area contributed by atoms with Crippen LogP contribution in [0.2, 0.25) is 0 Å². The van der Waals surface area contributed by atoms with Crippen LogP contribution in [-0.4, -0.2) is 70.1 Å². The average molecular weight is 515 g/mol. The monoisotopic (exact) mass is 515 g/mol. The molecule has 1 aliphatic rings. The minimum atomic E-state index is -2.76. The maximum absolute atomic E-state index is 13.5. The first-order valence-corrected chi connectivity index (χ1v) is 11.7. The fourth-order valence-corrected chi connectivity index (χ4v) is 4.56. The Hall–Kier alpha value is -4.00. The third-order valence-corrected chi connectivity index (χ3v) is 6.68. The third-order valence-electron chi connectivity index (χ3n) is 6.68. The zero-order valence-electron chi connectivity index (χ0n) is 19.6. The van der Waals surface area contributed by atoms with Crippen LogP contribution >= 0.6 is 0 Å². The van der Waals surface area contributed by atoms with E-state index in [0.29, 0.717) is 11.3 Å². The van der Waals surface area contributed by atoms with Crippen LogP contribution in [0.3, 0.4) is 0 Å². The van der Waals surface area contributed by atoms with E-state index in [1.54, 1.807) is 0 Å². The van der Waals surface area contributed by atoms with Gasteiger partial charge in [0.1, 0.15) is 23.6 Å². The van der Waals surface area contributed by atoms with Crippen LogP contribution in [0.4, 0.5) is 13.2 Å². The Balaban J connectivity index is 1.26. The van der Waals surface area contributed by atoms with E-state index in [2.05, 4.69) is 15.2 Å². The molecule has 0 unspecified atom stereocenters. The molecular weight excluding hydrogens is 491 g/mol. The van der Waals surface area contributed by atoms with E-state index in [9.17, 15) is 27.9 Å². The van der Waals surface area contributed by atoms with Crippen molar-refractivity contribution in [1.29, 1.82) is 0 Å². The van der Waals surface area contributed by atoms with E-state index in [-0.39, 0.29) is 37.9 Å². The smallest absolute Gasteiger partial charge is 0.264 e. The lowest BCUT2D eigenvalue weighted by molar-refractivity contribution is -0.138. The van der Waals surface area contributed by atoms with Crippen molar-refractivity contribution >= 4 is 16.9 Å². The van der Waals surface area contributed by atoms with E-state index in [0.717, 1.165) is 4.68 Å². The van der Waals surface area contributed by atoms with Crippen molar-refractivity contribution in [3.8, 4) is 5.69 Å². The number of nitrogens with zero attached hydrogens (tertiary/aromatic N) is 7. The Morgan fingerprint density at radius 1 is 1.14 bits per heavy atom. The van der Waals surface area contributed by atoms with Gasteiger partial charge in [0.15, 0.2) is 5.65 Å². The summed E-state index contributed by atoms with van der Waals surface area (Å²) in [6, 6.07) is 5.75. The van der Waals surface area contributed by atoms with Crippen LogP contribution in [0.15, 0.2) is 60.0 Å². The van der Waals surface area contributed by atoms with Gasteiger partial charge >= 0.3 is 0 Å². The summed E-state index contributed by atoms with van der Waals surface area (Å²) in [5.74, 6) is -0.848. The fourth-order valence-electron chi connectivity index (χ4n) is 4.56. The predicted octanol–water partition coefficient (Wildman–Crippen LogP) is 2.17. The number of carbonyl (C=O) groups is 1. The van der Waals surface area contributed by atoms with Crippen LogP contribution in [-0.2, 0) is 11.3 Å². The van der Waals surface area contributed by atoms with Crippen molar-refractivity contribution in [2.24, 2.45) is 0 Å². The molecule has 0 aliphatic carbocycles. The van der Waals surface area contributed by atoms with Crippen molar-refractivity contribution in [2.45, 2.75) is 43.9 Å². The second-order valence-electron chi connectivity index (χ2n) is 9.14. The van der Waals surface area contributed by atoms with Gasteiger partial charge in [-0.3, -0.25) is 18.8 Å². The van der Waals surface area contributed by atoms with Gasteiger partial charge in [0.2, 0.25) is 5.91 Å². The zero-order chi connectivity index (χ0) is 26.2. The standard InChI is InChI=1S/C24H24F3N7O3/c25-16-2-4-17(5-3-16)34-22-18(13-30-34)23(36)32(15-28-22)14-24(37)6-10-31(11-7-24)20(35)12-19(21(26)27)33-9-1-8-29-33/h1-5,8-9,13,15,19,21,37H,6-7,10-12,14H2/t19-/m0/s1. The fraction of sp³-hybridized carbons (Fsp3) is 0.375. The molecule has 1 N–H and O–H groups in total. The number of likely N-dealkylation sites (tertiary alicyclic amines) is 1. The number of piperidine rings is 1. The Labute approximate surface area is 208 Å². The lowest BCUT2D eigenvalue weighted by Gasteiger charge is -2.38. The number of hydrogen-bond donors (Lipinski definition) is 1. The number of benzene rings is 1. The van der Waals surface area contributed by atoms with Gasteiger partial charge < -0.3 is 10.0 Å². The van der Waals surface area contributed by atoms with Gasteiger partial charge in [0.05, 0.1) is 30.5 Å². The second kappa shape index (κ2) is 9.81. The Kier molecular flexibility index (Phi) is 6.54. The molecule has 194 valence electrons. The van der Waals surface area contributed by atoms with Crippen molar-refractivity contribution in [1.82, 2.24) is 34.0 Å². The summed E-state index contributed by atoms with van der Waals surface area (Å²) in [7, 11) is 0. The molecule has 0 radical (unpaired) electrons. The number of rotatable bonds is 7. The number of halogens is 3. The van der Waals surface area contributed by atoms with E-state index < -0.39 is 41.8 Å². The van der Waals surface area contributed by atoms with Gasteiger partial charge in [-0.05, 0) is 43.2 Å². The van der Waals surface area contributed by atoms with Crippen molar-refractivity contribution < 1.29 is 23.1 Å². The Morgan fingerprint density at radius 2 is 1.86 bits per heavy atom. The highest BCUT2D eigenvalue weighted by Crippen LogP contribution is 2.27. The van der Waals surface area contributed by atoms with Crippen molar-refractivity contribution in [2.75, 3.05) is 13.1 Å². The van der Waals surface area contributed by atoms with Gasteiger partial charge in [0.25, 0.3) is 12.0 Å². The van der Waals surface area contributed by atoms with Crippen LogP contribution in [0, 0.1) is 5.82 Å². The lowest BCUT2D eigenvalue weighted by atomic mass is 9.91. The molecule has 10 nitrogen and oxygen atoms in total. The average Bonchev–Trinajstić information content (AvgIpc) is 3.56. The van der Waals surface area contributed by atoms with Crippen LogP contribution in [0.25, 0.3) is 16.7 Å². The third kappa shape index (κ3) is 4.99. The molecule has 1 aromatic carbocycles. The Morgan fingerprint density at radius 3 is 2.51 bits per heavy atom. The van der Waals surface area contributed by atoms with Crippen LogP contribution in [0.5, 0.6) is 0 Å². The summed E-state index contributed by atoms with van der Waals surface area (Å²) in [6.45, 7) is 0.278. The highest BCUT2D eigenvalue weighted by molar-refractivity contribution is 5.77. The molecule has 4 heterocycles. The van der Waals surface area contributed by atoms with Gasteiger partial charge in [0, 0.05) is 25.5 Å². The first-order chi connectivity index (χ1) is 17.7. The summed E-state index contributed by atoms with van der Waals surface area (Å²) in [4.78, 5) is 31.5. The molecule has 1 amide bonds. The first-order valence-electron chi connectivity index (χ1n) is 11.7. The summed E-state index contributed by atoms with van der Waals surface area (Å²) >= 11 is 0. The summed E-state index contributed by atoms with van der Waals surface area (Å²) in [5.41, 5.74) is -0.846. The molecule has 0 saturated carbocycles. The highest BCUT2D eigenvalue weighted by atomic mass is 19.3. The van der Waals surface area contributed by atoms with Gasteiger partial charge in [-0.25, -0.2) is 22.8 Å². The molecular formula is C24H24F3N7O3. The maximum Gasteiger partial charge on any atom is 0.264 e. The Bertz CT molecular complexity index is 1440. The number of fused-ring (bicyclic) bond motifs is 1. The molecule has 1 atom stereocenters. The summed E-state index contributed by atoms with van der Waals surface area (Å²) < 4.78 is 44.0. The molecule has 5 rings (SSSR count). The molecule has 1 aliphatic heterocycles. The van der Waals surface area contributed by atoms with Crippen LogP contribution < -0.4 is 5.56 Å². The molecule has 1 saturated heterocycles. The minimum absolute atomic E-state index is 0.0501. The zero-order valence-corrected chi connectivity index (χ0v) is 19.6. The maximum atomic E-state index is 13.5. The van der Waals surface area contributed by atoms with E-state index in [1.807, 2.05) is 0 Å². The van der Waals surface area contributed by atoms with Gasteiger partial charge in [-0.2, -0.15) is 10.2 Å². The number of amides is 1. The number of carbonyl (C=O) groups excluding carboxylic acids is 1. The molecule has 4 aromatic rings. The lowest BCUT2D eigenvalue weighted by Crippen LogP contribution is -2.50. The largest absolute Gasteiger partial charge is 0.388 e. The highest BCUT2D eigenvalue weighted by Gasteiger charge is 2.36. The van der Waals surface area contributed by atoms with Crippen molar-refractivity contribution in [3.63, 3.8) is 0 Å². The number of aromatic nitrogens is 6. The molecule has 0 spiro atoms. The van der Waals surface area contributed by atoms with E-state index in [1.165, 1.54) is 69.4 Å². The predicted molar refractivity (Wildman–Crippen MR) is 126 cm³/mol. The summed E-state index contributed by atoms with van der Waals surface area (Å²) in [6.07, 6.45) is 2.63. The van der Waals surface area contributed by atoms with Crippen LogP contribution in [0.1, 0.15) is 25.3 Å². The van der Waals surface area contributed by atoms with Gasteiger partial charge in [-0.15, -0.1) is 0 Å². The molecule has 1 fully saturated rings. The number of aliphatic hydroxyl groups is 1. The minimum Gasteiger partial charge on any atom is -0.388 e. The molecule has 0 bridgehead atoms. The second-order valence-corrected chi connectivity index (χ2v) is 9.14. The first kappa shape index (κ1) is 24.7. The molecule has 13 heteroatoms. The van der Waals surface area contributed by atoms with E-state index >= 15 is 0 Å². The normalized spacial score (nSPS) is 16.4. The SMILES string of the molecule is O=C(C[C@@H](C(F)F)n1cccn1)N1CCC(O)(Cn2cnc3c(cnn3-c3ccc(F)cc3)c2=O)CC1. The molecule has 37 heavy (non-hydrogen) atoms. The van der Waals surface area contributed by atoms with Gasteiger partial charge in [-0.1, -0.05) is 0 Å². The quantitative estimate of drug-likeness (QED) is 0.404. The van der Waals surface area contributed by atoms with Crippen molar-refractivity contribution in [3.05, 3.63) is 71.4 Å². The molecule has 3 aromatic heterocycles. The summed E-state index contributed by atoms with van der Waals surface area (Å²) in [5, 5.41) is 19.4.